The van der Waals surface area contributed by atoms with Crippen LogP contribution in [-0.4, -0.2) is 12.5 Å². The molecule has 2 aromatic rings. The maximum Gasteiger partial charge on any atom is 0.262 e. The zero-order valence-corrected chi connectivity index (χ0v) is 12.7. The van der Waals surface area contributed by atoms with Crippen LogP contribution in [0.4, 0.5) is 14.5 Å². The first-order chi connectivity index (χ1) is 10.4. The Hall–Kier alpha value is -2.43. The summed E-state index contributed by atoms with van der Waals surface area (Å²) in [6.45, 7) is 5.48. The molecule has 1 amide bonds. The highest BCUT2D eigenvalue weighted by Crippen LogP contribution is 2.22. The second-order valence-corrected chi connectivity index (χ2v) is 5.14. The molecule has 2 rings (SSSR count). The summed E-state index contributed by atoms with van der Waals surface area (Å²) < 4.78 is 32.3. The fourth-order valence-electron chi connectivity index (χ4n) is 2.03. The van der Waals surface area contributed by atoms with E-state index in [1.165, 1.54) is 6.07 Å². The van der Waals surface area contributed by atoms with Crippen LogP contribution in [-0.2, 0) is 4.79 Å². The van der Waals surface area contributed by atoms with Crippen LogP contribution in [0.25, 0.3) is 0 Å². The normalized spacial score (nSPS) is 10.4. The molecule has 0 aromatic heterocycles. The Labute approximate surface area is 127 Å². The molecule has 0 spiro atoms. The van der Waals surface area contributed by atoms with Crippen LogP contribution < -0.4 is 10.1 Å². The Morgan fingerprint density at radius 3 is 2.27 bits per heavy atom. The third-order valence-electron chi connectivity index (χ3n) is 3.38. The van der Waals surface area contributed by atoms with Gasteiger partial charge in [-0.2, -0.15) is 0 Å². The van der Waals surface area contributed by atoms with Crippen LogP contribution in [0.1, 0.15) is 16.7 Å². The standard InChI is InChI=1S/C17H17F2NO2/c1-10-7-12(3)15(8-11(10)2)22-9-16(21)20-17-13(18)5-4-6-14(17)19/h4-8H,9H2,1-3H3,(H,20,21). The van der Waals surface area contributed by atoms with Crippen LogP contribution in [0.15, 0.2) is 30.3 Å². The Bertz CT molecular complexity index is 694. The molecule has 1 N–H and O–H groups in total. The molecule has 2 aromatic carbocycles. The second-order valence-electron chi connectivity index (χ2n) is 5.14. The lowest BCUT2D eigenvalue weighted by Crippen LogP contribution is -2.21. The van der Waals surface area contributed by atoms with Crippen LogP contribution in [0.5, 0.6) is 5.75 Å². The van der Waals surface area contributed by atoms with Gasteiger partial charge in [0.05, 0.1) is 0 Å². The molecule has 0 radical (unpaired) electrons. The number of aryl methyl sites for hydroxylation is 3. The fraction of sp³-hybridized carbons (Fsp3) is 0.235. The molecule has 0 saturated heterocycles. The van der Waals surface area contributed by atoms with Gasteiger partial charge in [0.15, 0.2) is 6.61 Å². The van der Waals surface area contributed by atoms with E-state index in [1.54, 1.807) is 0 Å². The minimum Gasteiger partial charge on any atom is -0.483 e. The van der Waals surface area contributed by atoms with Gasteiger partial charge in [0.1, 0.15) is 23.1 Å². The number of hydrogen-bond acceptors (Lipinski definition) is 2. The van der Waals surface area contributed by atoms with E-state index < -0.39 is 23.2 Å². The molecule has 0 saturated carbocycles. The maximum absolute atomic E-state index is 13.4. The molecule has 5 heteroatoms. The molecule has 0 unspecified atom stereocenters. The number of hydrogen-bond donors (Lipinski definition) is 1. The van der Waals surface area contributed by atoms with Gasteiger partial charge >= 0.3 is 0 Å². The molecule has 0 bridgehead atoms. The van der Waals surface area contributed by atoms with Crippen molar-refractivity contribution in [2.75, 3.05) is 11.9 Å². The van der Waals surface area contributed by atoms with Crippen molar-refractivity contribution in [3.63, 3.8) is 0 Å². The van der Waals surface area contributed by atoms with E-state index in [0.29, 0.717) is 5.75 Å². The summed E-state index contributed by atoms with van der Waals surface area (Å²) in [6, 6.07) is 7.18. The third kappa shape index (κ3) is 3.61. The zero-order valence-electron chi connectivity index (χ0n) is 12.7. The summed E-state index contributed by atoms with van der Waals surface area (Å²) >= 11 is 0. The van der Waals surface area contributed by atoms with Crippen molar-refractivity contribution in [1.82, 2.24) is 0 Å². The first-order valence-electron chi connectivity index (χ1n) is 6.83. The highest BCUT2D eigenvalue weighted by Gasteiger charge is 2.13. The van der Waals surface area contributed by atoms with Gasteiger partial charge in [0.2, 0.25) is 0 Å². The lowest BCUT2D eigenvalue weighted by molar-refractivity contribution is -0.118. The molecule has 0 aliphatic carbocycles. The van der Waals surface area contributed by atoms with Crippen molar-refractivity contribution in [3.8, 4) is 5.75 Å². The topological polar surface area (TPSA) is 38.3 Å². The first kappa shape index (κ1) is 15.9. The summed E-state index contributed by atoms with van der Waals surface area (Å²) in [5.74, 6) is -1.69. The summed E-state index contributed by atoms with van der Waals surface area (Å²) in [4.78, 5) is 11.8. The zero-order chi connectivity index (χ0) is 16.3. The van der Waals surface area contributed by atoms with E-state index in [1.807, 2.05) is 32.9 Å². The van der Waals surface area contributed by atoms with E-state index in [-0.39, 0.29) is 6.61 Å². The Morgan fingerprint density at radius 1 is 1.05 bits per heavy atom. The largest absolute Gasteiger partial charge is 0.483 e. The van der Waals surface area contributed by atoms with Crippen molar-refractivity contribution in [1.29, 1.82) is 0 Å². The van der Waals surface area contributed by atoms with Gasteiger partial charge in [0.25, 0.3) is 5.91 Å². The molecule has 0 fully saturated rings. The van der Waals surface area contributed by atoms with Gasteiger partial charge < -0.3 is 10.1 Å². The Morgan fingerprint density at radius 2 is 1.64 bits per heavy atom. The second kappa shape index (κ2) is 6.56. The van der Waals surface area contributed by atoms with Crippen molar-refractivity contribution in [2.24, 2.45) is 0 Å². The predicted molar refractivity (Wildman–Crippen MR) is 81.1 cm³/mol. The molecular weight excluding hydrogens is 288 g/mol. The predicted octanol–water partition coefficient (Wildman–Crippen LogP) is 3.91. The summed E-state index contributed by atoms with van der Waals surface area (Å²) in [7, 11) is 0. The van der Waals surface area contributed by atoms with E-state index in [0.717, 1.165) is 28.8 Å². The van der Waals surface area contributed by atoms with E-state index in [9.17, 15) is 13.6 Å². The fourth-order valence-corrected chi connectivity index (χ4v) is 2.03. The minimum absolute atomic E-state index is 0.322. The number of halogens is 2. The lowest BCUT2D eigenvalue weighted by Gasteiger charge is -2.12. The van der Waals surface area contributed by atoms with Crippen molar-refractivity contribution >= 4 is 11.6 Å². The number of nitrogens with one attached hydrogen (secondary N) is 1. The molecule has 3 nitrogen and oxygen atoms in total. The van der Waals surface area contributed by atoms with Crippen molar-refractivity contribution in [2.45, 2.75) is 20.8 Å². The molecule has 0 aliphatic heterocycles. The van der Waals surface area contributed by atoms with Gasteiger partial charge in [-0.05, 0) is 55.7 Å². The smallest absolute Gasteiger partial charge is 0.262 e. The number of amides is 1. The van der Waals surface area contributed by atoms with Gasteiger partial charge in [-0.25, -0.2) is 8.78 Å². The summed E-state index contributed by atoms with van der Waals surface area (Å²) in [5, 5.41) is 2.18. The number of carbonyl (C=O) groups excluding carboxylic acids is 1. The highest BCUT2D eigenvalue weighted by molar-refractivity contribution is 5.92. The third-order valence-corrected chi connectivity index (χ3v) is 3.38. The SMILES string of the molecule is Cc1cc(C)c(OCC(=O)Nc2c(F)cccc2F)cc1C. The lowest BCUT2D eigenvalue weighted by atomic mass is 10.1. The average Bonchev–Trinajstić information content (AvgIpc) is 2.45. The van der Waals surface area contributed by atoms with Crippen LogP contribution >= 0.6 is 0 Å². The number of rotatable bonds is 4. The molecule has 116 valence electrons. The van der Waals surface area contributed by atoms with Crippen LogP contribution in [0.2, 0.25) is 0 Å². The number of anilines is 1. The quantitative estimate of drug-likeness (QED) is 0.930. The molecular formula is C17H17F2NO2. The van der Waals surface area contributed by atoms with E-state index in [2.05, 4.69) is 5.32 Å². The summed E-state index contributed by atoms with van der Waals surface area (Å²) in [5.41, 5.74) is 2.60. The number of ether oxygens (including phenoxy) is 1. The Balaban J connectivity index is 2.03. The summed E-state index contributed by atoms with van der Waals surface area (Å²) in [6.07, 6.45) is 0. The van der Waals surface area contributed by atoms with Crippen LogP contribution in [0, 0.1) is 32.4 Å². The molecule has 0 atom stereocenters. The van der Waals surface area contributed by atoms with Gasteiger partial charge in [0, 0.05) is 0 Å². The van der Waals surface area contributed by atoms with E-state index >= 15 is 0 Å². The van der Waals surface area contributed by atoms with E-state index in [4.69, 9.17) is 4.74 Å². The highest BCUT2D eigenvalue weighted by atomic mass is 19.1. The maximum atomic E-state index is 13.4. The van der Waals surface area contributed by atoms with Crippen LogP contribution in [0.3, 0.4) is 0 Å². The average molecular weight is 305 g/mol. The van der Waals surface area contributed by atoms with Crippen molar-refractivity contribution < 1.29 is 18.3 Å². The number of benzene rings is 2. The minimum atomic E-state index is -0.823. The van der Waals surface area contributed by atoms with Gasteiger partial charge in [-0.1, -0.05) is 12.1 Å². The van der Waals surface area contributed by atoms with Gasteiger partial charge in [-0.3, -0.25) is 4.79 Å². The van der Waals surface area contributed by atoms with Crippen molar-refractivity contribution in [3.05, 3.63) is 58.7 Å². The number of para-hydroxylation sites is 1. The molecule has 0 heterocycles. The molecule has 22 heavy (non-hydrogen) atoms. The Kier molecular flexibility index (Phi) is 4.75. The number of carbonyl (C=O) groups is 1. The van der Waals surface area contributed by atoms with Gasteiger partial charge in [-0.15, -0.1) is 0 Å². The first-order valence-corrected chi connectivity index (χ1v) is 6.83. The molecule has 0 aliphatic rings. The monoisotopic (exact) mass is 305 g/mol.